The van der Waals surface area contributed by atoms with Gasteiger partial charge < -0.3 is 20.1 Å². The lowest BCUT2D eigenvalue weighted by molar-refractivity contribution is 0.0600. The Kier molecular flexibility index (Phi) is 11.3. The molecule has 0 atom stereocenters. The van der Waals surface area contributed by atoms with Gasteiger partial charge in [0, 0.05) is 33.4 Å². The summed E-state index contributed by atoms with van der Waals surface area (Å²) >= 11 is 0. The van der Waals surface area contributed by atoms with E-state index < -0.39 is 0 Å². The molecule has 1 aromatic rings. The van der Waals surface area contributed by atoms with Crippen LogP contribution >= 0.6 is 24.0 Å². The zero-order valence-corrected chi connectivity index (χ0v) is 18.0. The molecule has 0 saturated heterocycles. The molecule has 0 amide bonds. The highest BCUT2D eigenvalue weighted by Crippen LogP contribution is 2.28. The SMILES string of the molecule is CN=C(NCCCOCC1CC1)NCCc1ccc(C(=O)OC)cc1.I. The number of benzene rings is 1. The van der Waals surface area contributed by atoms with Crippen LogP contribution in [0, 0.1) is 5.92 Å². The van der Waals surface area contributed by atoms with Gasteiger partial charge in [-0.1, -0.05) is 12.1 Å². The summed E-state index contributed by atoms with van der Waals surface area (Å²) in [5.74, 6) is 1.31. The number of carbonyl (C=O) groups excluding carboxylic acids is 1. The van der Waals surface area contributed by atoms with E-state index in [1.165, 1.54) is 20.0 Å². The number of ether oxygens (including phenoxy) is 2. The highest BCUT2D eigenvalue weighted by Gasteiger charge is 2.20. The third-order valence-corrected chi connectivity index (χ3v) is 4.11. The maximum absolute atomic E-state index is 11.4. The number of esters is 1. The van der Waals surface area contributed by atoms with E-state index in [0.717, 1.165) is 56.6 Å². The Balaban J connectivity index is 0.00000338. The Labute approximate surface area is 173 Å². The molecule has 0 heterocycles. The van der Waals surface area contributed by atoms with Crippen molar-refractivity contribution in [2.24, 2.45) is 10.9 Å². The van der Waals surface area contributed by atoms with Gasteiger partial charge in [-0.3, -0.25) is 4.99 Å². The normalized spacial score (nSPS) is 13.7. The van der Waals surface area contributed by atoms with Gasteiger partial charge in [0.25, 0.3) is 0 Å². The predicted molar refractivity (Wildman–Crippen MR) is 114 cm³/mol. The van der Waals surface area contributed by atoms with E-state index >= 15 is 0 Å². The Morgan fingerprint density at radius 2 is 1.88 bits per heavy atom. The Morgan fingerprint density at radius 3 is 2.50 bits per heavy atom. The summed E-state index contributed by atoms with van der Waals surface area (Å²) in [5.41, 5.74) is 1.73. The summed E-state index contributed by atoms with van der Waals surface area (Å²) in [6.07, 6.45) is 4.50. The number of rotatable bonds is 10. The number of methoxy groups -OCH3 is 1. The van der Waals surface area contributed by atoms with Gasteiger partial charge in [-0.2, -0.15) is 0 Å². The molecule has 1 fully saturated rings. The molecule has 1 aliphatic rings. The number of hydrogen-bond acceptors (Lipinski definition) is 4. The second-order valence-electron chi connectivity index (χ2n) is 6.24. The van der Waals surface area contributed by atoms with Crippen molar-refractivity contribution in [3.63, 3.8) is 0 Å². The summed E-state index contributed by atoms with van der Waals surface area (Å²) in [4.78, 5) is 15.6. The minimum Gasteiger partial charge on any atom is -0.465 e. The third-order valence-electron chi connectivity index (χ3n) is 4.11. The molecule has 1 aliphatic carbocycles. The molecule has 1 saturated carbocycles. The molecular weight excluding hydrogens is 445 g/mol. The summed E-state index contributed by atoms with van der Waals surface area (Å²) in [5, 5.41) is 6.58. The minimum atomic E-state index is -0.310. The fourth-order valence-corrected chi connectivity index (χ4v) is 2.39. The van der Waals surface area contributed by atoms with Crippen molar-refractivity contribution >= 4 is 35.9 Å². The molecule has 2 rings (SSSR count). The molecular formula is C19H30IN3O3. The van der Waals surface area contributed by atoms with Crippen LogP contribution in [-0.4, -0.2) is 52.4 Å². The van der Waals surface area contributed by atoms with Crippen LogP contribution in [0.5, 0.6) is 0 Å². The molecule has 0 radical (unpaired) electrons. The van der Waals surface area contributed by atoms with Gasteiger partial charge in [0.05, 0.1) is 12.7 Å². The molecule has 0 unspecified atom stereocenters. The fourth-order valence-electron chi connectivity index (χ4n) is 2.39. The number of nitrogens with one attached hydrogen (secondary N) is 2. The van der Waals surface area contributed by atoms with Crippen LogP contribution in [0.25, 0.3) is 0 Å². The minimum absolute atomic E-state index is 0. The van der Waals surface area contributed by atoms with Crippen molar-refractivity contribution in [3.05, 3.63) is 35.4 Å². The second kappa shape index (κ2) is 12.9. The summed E-state index contributed by atoms with van der Waals surface area (Å²) in [7, 11) is 3.15. The second-order valence-corrected chi connectivity index (χ2v) is 6.24. The summed E-state index contributed by atoms with van der Waals surface area (Å²) in [6, 6.07) is 7.47. The van der Waals surface area contributed by atoms with E-state index in [0.29, 0.717) is 5.56 Å². The van der Waals surface area contributed by atoms with Gasteiger partial charge in [-0.05, 0) is 49.3 Å². The van der Waals surface area contributed by atoms with Crippen LogP contribution in [0.4, 0.5) is 0 Å². The number of carbonyl (C=O) groups is 1. The average Bonchev–Trinajstić information content (AvgIpc) is 3.47. The monoisotopic (exact) mass is 475 g/mol. The largest absolute Gasteiger partial charge is 0.465 e. The standard InChI is InChI=1S/C19H29N3O3.HI/c1-20-19(21-11-3-13-25-14-16-4-5-16)22-12-10-15-6-8-17(9-7-15)18(23)24-2;/h6-9,16H,3-5,10-14H2,1-2H3,(H2,20,21,22);1H. The van der Waals surface area contributed by atoms with Gasteiger partial charge in [0.15, 0.2) is 5.96 Å². The van der Waals surface area contributed by atoms with Crippen molar-refractivity contribution in [2.75, 3.05) is 40.5 Å². The number of halogens is 1. The first-order valence-electron chi connectivity index (χ1n) is 8.92. The van der Waals surface area contributed by atoms with Crippen molar-refractivity contribution in [1.29, 1.82) is 0 Å². The topological polar surface area (TPSA) is 72.0 Å². The molecule has 0 aromatic heterocycles. The summed E-state index contributed by atoms with van der Waals surface area (Å²) in [6.45, 7) is 3.34. The third kappa shape index (κ3) is 8.84. The first-order valence-corrected chi connectivity index (χ1v) is 8.92. The Hall–Kier alpha value is -1.35. The van der Waals surface area contributed by atoms with Gasteiger partial charge in [0.2, 0.25) is 0 Å². The maximum atomic E-state index is 11.4. The smallest absolute Gasteiger partial charge is 0.337 e. The first-order chi connectivity index (χ1) is 12.2. The quantitative estimate of drug-likeness (QED) is 0.179. The van der Waals surface area contributed by atoms with Crippen LogP contribution in [0.15, 0.2) is 29.3 Å². The number of hydrogen-bond donors (Lipinski definition) is 2. The highest BCUT2D eigenvalue weighted by molar-refractivity contribution is 14.0. The highest BCUT2D eigenvalue weighted by atomic mass is 127. The van der Waals surface area contributed by atoms with Crippen molar-refractivity contribution in [3.8, 4) is 0 Å². The molecule has 0 bridgehead atoms. The van der Waals surface area contributed by atoms with E-state index in [1.54, 1.807) is 19.2 Å². The van der Waals surface area contributed by atoms with E-state index in [9.17, 15) is 4.79 Å². The van der Waals surface area contributed by atoms with Crippen LogP contribution in [0.3, 0.4) is 0 Å². The lowest BCUT2D eigenvalue weighted by Gasteiger charge is -2.12. The van der Waals surface area contributed by atoms with E-state index in [-0.39, 0.29) is 29.9 Å². The van der Waals surface area contributed by atoms with E-state index in [2.05, 4.69) is 15.6 Å². The number of nitrogens with zero attached hydrogens (tertiary/aromatic N) is 1. The predicted octanol–water partition coefficient (Wildman–Crippen LogP) is 2.62. The number of guanidine groups is 1. The van der Waals surface area contributed by atoms with Crippen molar-refractivity contribution < 1.29 is 14.3 Å². The molecule has 6 nitrogen and oxygen atoms in total. The van der Waals surface area contributed by atoms with E-state index in [4.69, 9.17) is 9.47 Å². The molecule has 2 N–H and O–H groups in total. The zero-order chi connectivity index (χ0) is 17.9. The van der Waals surface area contributed by atoms with Crippen LogP contribution < -0.4 is 10.6 Å². The van der Waals surface area contributed by atoms with Crippen molar-refractivity contribution in [1.82, 2.24) is 10.6 Å². The first kappa shape index (κ1) is 22.7. The Morgan fingerprint density at radius 1 is 1.19 bits per heavy atom. The van der Waals surface area contributed by atoms with Gasteiger partial charge in [-0.15, -0.1) is 24.0 Å². The maximum Gasteiger partial charge on any atom is 0.337 e. The van der Waals surface area contributed by atoms with Crippen molar-refractivity contribution in [2.45, 2.75) is 25.7 Å². The zero-order valence-electron chi connectivity index (χ0n) is 15.6. The average molecular weight is 475 g/mol. The lowest BCUT2D eigenvalue weighted by Crippen LogP contribution is -2.39. The molecule has 1 aromatic carbocycles. The molecule has 26 heavy (non-hydrogen) atoms. The van der Waals surface area contributed by atoms with E-state index in [1.807, 2.05) is 12.1 Å². The lowest BCUT2D eigenvalue weighted by atomic mass is 10.1. The van der Waals surface area contributed by atoms with Crippen LogP contribution in [-0.2, 0) is 15.9 Å². The van der Waals surface area contributed by atoms with Gasteiger partial charge >= 0.3 is 5.97 Å². The molecule has 0 spiro atoms. The molecule has 7 heteroatoms. The Bertz CT molecular complexity index is 560. The van der Waals surface area contributed by atoms with Gasteiger partial charge in [0.1, 0.15) is 0 Å². The van der Waals surface area contributed by atoms with Gasteiger partial charge in [-0.25, -0.2) is 4.79 Å². The van der Waals surface area contributed by atoms with Crippen LogP contribution in [0.2, 0.25) is 0 Å². The molecule has 0 aliphatic heterocycles. The number of aliphatic imine (C=N–C) groups is 1. The fraction of sp³-hybridized carbons (Fsp3) is 0.579. The summed E-state index contributed by atoms with van der Waals surface area (Å²) < 4.78 is 10.3. The van der Waals surface area contributed by atoms with Crippen LogP contribution in [0.1, 0.15) is 35.2 Å². The molecule has 146 valence electrons.